The van der Waals surface area contributed by atoms with Crippen molar-refractivity contribution in [1.82, 2.24) is 0 Å². The third kappa shape index (κ3) is 5.02. The van der Waals surface area contributed by atoms with Gasteiger partial charge in [-0.1, -0.05) is 36.4 Å². The van der Waals surface area contributed by atoms with Crippen molar-refractivity contribution in [2.75, 3.05) is 19.1 Å². The molecule has 0 unspecified atom stereocenters. The van der Waals surface area contributed by atoms with Gasteiger partial charge < -0.3 is 14.4 Å². The van der Waals surface area contributed by atoms with Gasteiger partial charge in [-0.2, -0.15) is 0 Å². The second-order valence-electron chi connectivity index (χ2n) is 6.62. The van der Waals surface area contributed by atoms with E-state index in [0.29, 0.717) is 0 Å². The highest BCUT2D eigenvalue weighted by molar-refractivity contribution is 5.98. The minimum absolute atomic E-state index is 0.294. The van der Waals surface area contributed by atoms with Crippen LogP contribution >= 0.6 is 0 Å². The van der Waals surface area contributed by atoms with Crippen molar-refractivity contribution in [2.45, 2.75) is 13.0 Å². The number of methoxy groups -OCH3 is 1. The fraction of sp³-hybridized carbons (Fsp3) is 0.167. The zero-order valence-electron chi connectivity index (χ0n) is 16.7. The van der Waals surface area contributed by atoms with Gasteiger partial charge >= 0.3 is 5.97 Å². The number of amides is 1. The quantitative estimate of drug-likeness (QED) is 0.461. The van der Waals surface area contributed by atoms with Crippen molar-refractivity contribution in [3.8, 4) is 5.75 Å². The van der Waals surface area contributed by atoms with Crippen LogP contribution in [-0.2, 0) is 14.3 Å². The second kappa shape index (κ2) is 9.06. The van der Waals surface area contributed by atoms with Crippen LogP contribution in [0.2, 0.25) is 0 Å². The third-order valence-electron chi connectivity index (χ3n) is 4.60. The average molecular weight is 389 g/mol. The van der Waals surface area contributed by atoms with Gasteiger partial charge in [0.05, 0.1) is 7.11 Å². The third-order valence-corrected chi connectivity index (χ3v) is 4.60. The van der Waals surface area contributed by atoms with Crippen molar-refractivity contribution >= 4 is 34.4 Å². The maximum Gasteiger partial charge on any atom is 0.331 e. The number of fused-ring (bicyclic) bond motifs is 1. The lowest BCUT2D eigenvalue weighted by molar-refractivity contribution is -0.148. The van der Waals surface area contributed by atoms with Crippen molar-refractivity contribution in [3.63, 3.8) is 0 Å². The fourth-order valence-electron chi connectivity index (χ4n) is 2.95. The molecule has 3 aromatic rings. The Morgan fingerprint density at radius 2 is 1.66 bits per heavy atom. The number of anilines is 1. The first-order valence-electron chi connectivity index (χ1n) is 9.27. The van der Waals surface area contributed by atoms with E-state index < -0.39 is 12.1 Å². The molecule has 5 heteroatoms. The molecule has 29 heavy (non-hydrogen) atoms. The summed E-state index contributed by atoms with van der Waals surface area (Å²) in [5.41, 5.74) is 1.60. The summed E-state index contributed by atoms with van der Waals surface area (Å²) in [5, 5.41) is 2.08. The fourth-order valence-corrected chi connectivity index (χ4v) is 2.95. The van der Waals surface area contributed by atoms with Crippen molar-refractivity contribution in [2.24, 2.45) is 0 Å². The summed E-state index contributed by atoms with van der Waals surface area (Å²) in [4.78, 5) is 26.1. The maximum absolute atomic E-state index is 12.5. The molecule has 0 saturated heterocycles. The zero-order valence-corrected chi connectivity index (χ0v) is 16.7. The Kier molecular flexibility index (Phi) is 6.29. The number of benzene rings is 3. The lowest BCUT2D eigenvalue weighted by Crippen LogP contribution is -2.37. The molecule has 0 bridgehead atoms. The SMILES string of the molecule is COc1ccc2cc(/C=C/C(=O)O[C@H](C)C(=O)N(C)c3ccccc3)ccc2c1. The van der Waals surface area contributed by atoms with E-state index in [2.05, 4.69) is 0 Å². The Morgan fingerprint density at radius 1 is 0.966 bits per heavy atom. The van der Waals surface area contributed by atoms with Crippen LogP contribution in [0.5, 0.6) is 5.75 Å². The van der Waals surface area contributed by atoms with E-state index >= 15 is 0 Å². The molecule has 0 radical (unpaired) electrons. The molecule has 0 aliphatic rings. The van der Waals surface area contributed by atoms with Crippen molar-refractivity contribution in [1.29, 1.82) is 0 Å². The topological polar surface area (TPSA) is 55.8 Å². The van der Waals surface area contributed by atoms with Gasteiger partial charge in [-0.05, 0) is 59.7 Å². The molecule has 0 aliphatic heterocycles. The van der Waals surface area contributed by atoms with Crippen molar-refractivity contribution < 1.29 is 19.1 Å². The molecule has 0 N–H and O–H groups in total. The summed E-state index contributed by atoms with van der Waals surface area (Å²) in [6.45, 7) is 1.57. The number of ether oxygens (including phenoxy) is 2. The van der Waals surface area contributed by atoms with Gasteiger partial charge in [0.2, 0.25) is 0 Å². The summed E-state index contributed by atoms with van der Waals surface area (Å²) in [7, 11) is 3.29. The van der Waals surface area contributed by atoms with E-state index in [4.69, 9.17) is 9.47 Å². The number of para-hydroxylation sites is 1. The van der Waals surface area contributed by atoms with Gasteiger partial charge in [-0.3, -0.25) is 4.79 Å². The molecule has 0 spiro atoms. The Morgan fingerprint density at radius 3 is 2.38 bits per heavy atom. The van der Waals surface area contributed by atoms with Gasteiger partial charge in [0.25, 0.3) is 5.91 Å². The smallest absolute Gasteiger partial charge is 0.331 e. The summed E-state index contributed by atoms with van der Waals surface area (Å²) in [5.74, 6) is -0.0664. The van der Waals surface area contributed by atoms with E-state index in [0.717, 1.165) is 27.8 Å². The number of nitrogens with zero attached hydrogens (tertiary/aromatic N) is 1. The Hall–Kier alpha value is -3.60. The predicted molar refractivity (Wildman–Crippen MR) is 115 cm³/mol. The molecular formula is C24H23NO4. The van der Waals surface area contributed by atoms with Gasteiger partial charge in [-0.25, -0.2) is 4.79 Å². The largest absolute Gasteiger partial charge is 0.497 e. The standard InChI is InChI=1S/C24H23NO4/c1-17(24(27)25(2)21-7-5-4-6-8-21)29-23(26)14-10-18-9-11-20-16-22(28-3)13-12-19(20)15-18/h4-17H,1-3H3/b14-10+/t17-/m1/s1. The van der Waals surface area contributed by atoms with Gasteiger partial charge in [-0.15, -0.1) is 0 Å². The van der Waals surface area contributed by atoms with Gasteiger partial charge in [0.1, 0.15) is 5.75 Å². The first kappa shape index (κ1) is 20.1. The minimum Gasteiger partial charge on any atom is -0.497 e. The van der Waals surface area contributed by atoms with Crippen LogP contribution < -0.4 is 9.64 Å². The molecule has 0 aromatic heterocycles. The molecule has 3 rings (SSSR count). The predicted octanol–water partition coefficient (Wildman–Crippen LogP) is 4.46. The van der Waals surface area contributed by atoms with Gasteiger partial charge in [0.15, 0.2) is 6.10 Å². The second-order valence-corrected chi connectivity index (χ2v) is 6.62. The number of esters is 1. The molecular weight excluding hydrogens is 366 g/mol. The van der Waals surface area contributed by atoms with E-state index in [-0.39, 0.29) is 5.91 Å². The summed E-state index contributed by atoms with van der Waals surface area (Å²) < 4.78 is 10.5. The van der Waals surface area contributed by atoms with Crippen molar-refractivity contribution in [3.05, 3.63) is 78.4 Å². The Bertz CT molecular complexity index is 1040. The molecule has 1 amide bonds. The van der Waals surface area contributed by atoms with E-state index in [1.54, 1.807) is 27.2 Å². The number of rotatable bonds is 6. The number of hydrogen-bond donors (Lipinski definition) is 0. The minimum atomic E-state index is -0.888. The Balaban J connectivity index is 1.63. The molecule has 0 fully saturated rings. The highest BCUT2D eigenvalue weighted by Gasteiger charge is 2.21. The number of carbonyl (C=O) groups is 2. The zero-order chi connectivity index (χ0) is 20.8. The van der Waals surface area contributed by atoms with E-state index in [9.17, 15) is 9.59 Å². The van der Waals surface area contributed by atoms with Crippen LogP contribution in [0.15, 0.2) is 72.8 Å². The molecule has 1 atom stereocenters. The average Bonchev–Trinajstić information content (AvgIpc) is 2.76. The lowest BCUT2D eigenvalue weighted by Gasteiger charge is -2.21. The highest BCUT2D eigenvalue weighted by atomic mass is 16.5. The highest BCUT2D eigenvalue weighted by Crippen LogP contribution is 2.22. The Labute approximate surface area is 170 Å². The molecule has 0 heterocycles. The summed E-state index contributed by atoms with van der Waals surface area (Å²) in [6.07, 6.45) is 2.11. The molecule has 0 saturated carbocycles. The van der Waals surface area contributed by atoms with Crippen LogP contribution in [0.25, 0.3) is 16.8 Å². The summed E-state index contributed by atoms with van der Waals surface area (Å²) >= 11 is 0. The van der Waals surface area contributed by atoms with E-state index in [1.807, 2.05) is 66.7 Å². The van der Waals surface area contributed by atoms with Gasteiger partial charge in [0, 0.05) is 18.8 Å². The molecule has 0 aliphatic carbocycles. The van der Waals surface area contributed by atoms with Crippen LogP contribution in [0.4, 0.5) is 5.69 Å². The number of carbonyl (C=O) groups excluding carboxylic acids is 2. The van der Waals surface area contributed by atoms with Crippen LogP contribution in [-0.4, -0.2) is 32.1 Å². The lowest BCUT2D eigenvalue weighted by atomic mass is 10.1. The maximum atomic E-state index is 12.5. The first-order valence-corrected chi connectivity index (χ1v) is 9.27. The monoisotopic (exact) mass is 389 g/mol. The molecule has 148 valence electrons. The molecule has 5 nitrogen and oxygen atoms in total. The van der Waals surface area contributed by atoms with E-state index in [1.165, 1.54) is 11.0 Å². The number of likely N-dealkylation sites (N-methyl/N-ethyl adjacent to an activating group) is 1. The normalized spacial score (nSPS) is 12.0. The molecule has 3 aromatic carbocycles. The first-order chi connectivity index (χ1) is 14.0. The summed E-state index contributed by atoms with van der Waals surface area (Å²) in [6, 6.07) is 20.8. The van der Waals surface area contributed by atoms with Crippen LogP contribution in [0.1, 0.15) is 12.5 Å². The van der Waals surface area contributed by atoms with Crippen LogP contribution in [0, 0.1) is 0 Å². The van der Waals surface area contributed by atoms with Crippen LogP contribution in [0.3, 0.4) is 0 Å². The number of hydrogen-bond acceptors (Lipinski definition) is 4.